The van der Waals surface area contributed by atoms with Gasteiger partial charge >= 0.3 is 0 Å². The second kappa shape index (κ2) is 4.53. The van der Waals surface area contributed by atoms with Gasteiger partial charge in [-0.1, -0.05) is 18.2 Å². The first-order valence-corrected chi connectivity index (χ1v) is 6.58. The van der Waals surface area contributed by atoms with Gasteiger partial charge in [0.25, 0.3) is 5.91 Å². The lowest BCUT2D eigenvalue weighted by atomic mass is 9.96. The number of rotatable bonds is 1. The van der Waals surface area contributed by atoms with Gasteiger partial charge in [-0.3, -0.25) is 9.48 Å². The van der Waals surface area contributed by atoms with Crippen LogP contribution in [0.25, 0.3) is 0 Å². The smallest absolute Gasteiger partial charge is 0.279 e. The molecule has 0 spiro atoms. The van der Waals surface area contributed by atoms with Crippen LogP contribution in [-0.4, -0.2) is 21.7 Å². The lowest BCUT2D eigenvalue weighted by Crippen LogP contribution is -2.42. The average molecular weight is 255 g/mol. The van der Waals surface area contributed by atoms with E-state index < -0.39 is 0 Å². The summed E-state index contributed by atoms with van der Waals surface area (Å²) in [5, 5.41) is 4.22. The number of hydrogen-bond acceptors (Lipinski definition) is 2. The molecule has 3 rings (SSSR count). The van der Waals surface area contributed by atoms with Crippen LogP contribution in [0.3, 0.4) is 0 Å². The molecule has 1 amide bonds. The third-order valence-electron chi connectivity index (χ3n) is 3.67. The van der Waals surface area contributed by atoms with Crippen LogP contribution in [0.4, 0.5) is 5.69 Å². The molecule has 1 aromatic carbocycles. The summed E-state index contributed by atoms with van der Waals surface area (Å²) in [6, 6.07) is 10.1. The number of hydrogen-bond donors (Lipinski definition) is 0. The van der Waals surface area contributed by atoms with Crippen LogP contribution in [0.5, 0.6) is 0 Å². The largest absolute Gasteiger partial charge is 0.304 e. The Kier molecular flexibility index (Phi) is 2.85. The third-order valence-corrected chi connectivity index (χ3v) is 3.67. The Bertz CT molecular complexity index is 617. The van der Waals surface area contributed by atoms with Crippen LogP contribution < -0.4 is 4.90 Å². The highest BCUT2D eigenvalue weighted by Gasteiger charge is 2.29. The second-order valence-electron chi connectivity index (χ2n) is 5.07. The molecule has 1 aromatic heterocycles. The molecule has 4 heteroatoms. The lowest BCUT2D eigenvalue weighted by Gasteiger charge is -2.34. The number of nitrogens with zero attached hydrogens (tertiary/aromatic N) is 3. The van der Waals surface area contributed by atoms with Gasteiger partial charge in [0.05, 0.1) is 0 Å². The molecule has 0 aliphatic carbocycles. The first kappa shape index (κ1) is 12.0. The van der Waals surface area contributed by atoms with Gasteiger partial charge in [-0.15, -0.1) is 0 Å². The van der Waals surface area contributed by atoms with Gasteiger partial charge in [0.1, 0.15) is 0 Å². The number of fused-ring (bicyclic) bond motifs is 1. The fourth-order valence-electron chi connectivity index (χ4n) is 2.65. The molecular formula is C15H17N3O. The first-order valence-electron chi connectivity index (χ1n) is 6.58. The van der Waals surface area contributed by atoms with Crippen molar-refractivity contribution in [3.63, 3.8) is 0 Å². The Balaban J connectivity index is 2.02. The Morgan fingerprint density at radius 2 is 2.11 bits per heavy atom. The SMILES string of the molecule is CC1CCc2ccccc2N1C(=O)c1ccn(C)n1. The van der Waals surface area contributed by atoms with E-state index in [4.69, 9.17) is 0 Å². The standard InChI is InChI=1S/C15H17N3O/c1-11-7-8-12-5-3-4-6-14(12)18(11)15(19)13-9-10-17(2)16-13/h3-6,9-11H,7-8H2,1-2H3. The van der Waals surface area contributed by atoms with Crippen molar-refractivity contribution >= 4 is 11.6 Å². The van der Waals surface area contributed by atoms with E-state index in [-0.39, 0.29) is 11.9 Å². The van der Waals surface area contributed by atoms with Crippen LogP contribution in [0.2, 0.25) is 0 Å². The van der Waals surface area contributed by atoms with E-state index in [0.29, 0.717) is 5.69 Å². The van der Waals surface area contributed by atoms with Gasteiger partial charge in [-0.25, -0.2) is 0 Å². The van der Waals surface area contributed by atoms with Gasteiger partial charge < -0.3 is 4.90 Å². The van der Waals surface area contributed by atoms with Crippen molar-refractivity contribution in [2.45, 2.75) is 25.8 Å². The number of anilines is 1. The number of benzene rings is 1. The summed E-state index contributed by atoms with van der Waals surface area (Å²) in [7, 11) is 1.82. The van der Waals surface area contributed by atoms with Crippen LogP contribution >= 0.6 is 0 Å². The van der Waals surface area contributed by atoms with Crippen LogP contribution in [0.15, 0.2) is 36.5 Å². The van der Waals surface area contributed by atoms with Crippen molar-refractivity contribution < 1.29 is 4.79 Å². The van der Waals surface area contributed by atoms with Crippen LogP contribution in [-0.2, 0) is 13.5 Å². The van der Waals surface area contributed by atoms with Crippen LogP contribution in [0.1, 0.15) is 29.4 Å². The van der Waals surface area contributed by atoms with E-state index in [1.807, 2.05) is 30.1 Å². The molecule has 1 aliphatic heterocycles. The zero-order valence-electron chi connectivity index (χ0n) is 11.2. The summed E-state index contributed by atoms with van der Waals surface area (Å²) in [5.74, 6) is -0.0137. The van der Waals surface area contributed by atoms with E-state index in [1.54, 1.807) is 16.9 Å². The van der Waals surface area contributed by atoms with E-state index in [9.17, 15) is 4.79 Å². The number of aromatic nitrogens is 2. The minimum absolute atomic E-state index is 0.0137. The van der Waals surface area contributed by atoms with Gasteiger partial charge in [0, 0.05) is 25.0 Å². The fourth-order valence-corrected chi connectivity index (χ4v) is 2.65. The maximum atomic E-state index is 12.6. The van der Waals surface area contributed by atoms with Gasteiger partial charge in [0.2, 0.25) is 0 Å². The molecule has 0 saturated carbocycles. The topological polar surface area (TPSA) is 38.1 Å². The molecule has 2 heterocycles. The van der Waals surface area contributed by atoms with Gasteiger partial charge in [-0.05, 0) is 37.5 Å². The monoisotopic (exact) mass is 255 g/mol. The molecule has 0 bridgehead atoms. The predicted octanol–water partition coefficient (Wildman–Crippen LogP) is 2.40. The number of carbonyl (C=O) groups excluding carboxylic acids is 1. The van der Waals surface area contributed by atoms with Crippen molar-refractivity contribution in [1.29, 1.82) is 0 Å². The highest BCUT2D eigenvalue weighted by atomic mass is 16.2. The summed E-state index contributed by atoms with van der Waals surface area (Å²) >= 11 is 0. The van der Waals surface area contributed by atoms with E-state index in [0.717, 1.165) is 18.5 Å². The molecule has 2 aromatic rings. The molecule has 1 aliphatic rings. The molecular weight excluding hydrogens is 238 g/mol. The molecule has 4 nitrogen and oxygen atoms in total. The first-order chi connectivity index (χ1) is 9.16. The van der Waals surface area contributed by atoms with E-state index in [2.05, 4.69) is 18.1 Å². The summed E-state index contributed by atoms with van der Waals surface area (Å²) in [6.07, 6.45) is 3.83. The molecule has 0 radical (unpaired) electrons. The zero-order chi connectivity index (χ0) is 13.4. The van der Waals surface area contributed by atoms with E-state index in [1.165, 1.54) is 5.56 Å². The highest BCUT2D eigenvalue weighted by Crippen LogP contribution is 2.31. The van der Waals surface area contributed by atoms with Crippen molar-refractivity contribution in [2.75, 3.05) is 4.90 Å². The summed E-state index contributed by atoms with van der Waals surface area (Å²) in [5.41, 5.74) is 2.77. The summed E-state index contributed by atoms with van der Waals surface area (Å²) in [6.45, 7) is 2.09. The van der Waals surface area contributed by atoms with Gasteiger partial charge in [-0.2, -0.15) is 5.10 Å². The van der Waals surface area contributed by atoms with Crippen molar-refractivity contribution in [2.24, 2.45) is 7.05 Å². The van der Waals surface area contributed by atoms with Crippen LogP contribution in [0, 0.1) is 0 Å². The molecule has 0 saturated heterocycles. The Morgan fingerprint density at radius 3 is 2.84 bits per heavy atom. The average Bonchev–Trinajstić information content (AvgIpc) is 2.85. The maximum Gasteiger partial charge on any atom is 0.279 e. The van der Waals surface area contributed by atoms with Crippen molar-refractivity contribution in [3.05, 3.63) is 47.8 Å². The number of amides is 1. The highest BCUT2D eigenvalue weighted by molar-refractivity contribution is 6.05. The zero-order valence-corrected chi connectivity index (χ0v) is 11.2. The molecule has 1 atom stereocenters. The third kappa shape index (κ3) is 2.03. The molecule has 0 N–H and O–H groups in total. The Labute approximate surface area is 112 Å². The lowest BCUT2D eigenvalue weighted by molar-refractivity contribution is 0.0969. The number of para-hydroxylation sites is 1. The van der Waals surface area contributed by atoms with E-state index >= 15 is 0 Å². The van der Waals surface area contributed by atoms with Gasteiger partial charge in [0.15, 0.2) is 5.69 Å². The minimum Gasteiger partial charge on any atom is -0.304 e. The number of carbonyl (C=O) groups is 1. The summed E-state index contributed by atoms with van der Waals surface area (Å²) < 4.78 is 1.66. The maximum absolute atomic E-state index is 12.6. The second-order valence-corrected chi connectivity index (χ2v) is 5.07. The normalized spacial score (nSPS) is 18.2. The number of aryl methyl sites for hydroxylation is 2. The molecule has 0 fully saturated rings. The molecule has 98 valence electrons. The van der Waals surface area contributed by atoms with Crippen molar-refractivity contribution in [1.82, 2.24) is 9.78 Å². The Hall–Kier alpha value is -2.10. The Morgan fingerprint density at radius 1 is 1.32 bits per heavy atom. The fraction of sp³-hybridized carbons (Fsp3) is 0.333. The predicted molar refractivity (Wildman–Crippen MR) is 74.2 cm³/mol. The molecule has 1 unspecified atom stereocenters. The quantitative estimate of drug-likeness (QED) is 0.784. The van der Waals surface area contributed by atoms with Crippen molar-refractivity contribution in [3.8, 4) is 0 Å². The molecule has 19 heavy (non-hydrogen) atoms. The minimum atomic E-state index is -0.0137. The summed E-state index contributed by atoms with van der Waals surface area (Å²) in [4.78, 5) is 14.5.